The van der Waals surface area contributed by atoms with Crippen molar-refractivity contribution in [2.75, 3.05) is 13.7 Å². The first-order valence-corrected chi connectivity index (χ1v) is 9.43. The molecule has 4 nitrogen and oxygen atoms in total. The Hall–Kier alpha value is -0.393. The van der Waals surface area contributed by atoms with Gasteiger partial charge in [0.15, 0.2) is 8.32 Å². The fourth-order valence-corrected chi connectivity index (χ4v) is 2.68. The van der Waals surface area contributed by atoms with Crippen molar-refractivity contribution in [3.8, 4) is 0 Å². The molecule has 0 saturated carbocycles. The first-order valence-electron chi connectivity index (χ1n) is 6.52. The van der Waals surface area contributed by atoms with E-state index in [1.807, 2.05) is 0 Å². The van der Waals surface area contributed by atoms with Crippen LogP contribution in [-0.4, -0.2) is 40.2 Å². The van der Waals surface area contributed by atoms with Gasteiger partial charge in [-0.25, -0.2) is 0 Å². The molecule has 0 aromatic heterocycles. The topological polar surface area (TPSA) is 44.8 Å². The highest BCUT2D eigenvalue weighted by atomic mass is 28.4. The van der Waals surface area contributed by atoms with E-state index in [1.165, 1.54) is 0 Å². The van der Waals surface area contributed by atoms with Gasteiger partial charge in [0.1, 0.15) is 6.10 Å². The lowest BCUT2D eigenvalue weighted by molar-refractivity contribution is -0.163. The fourth-order valence-electron chi connectivity index (χ4n) is 1.64. The van der Waals surface area contributed by atoms with Crippen molar-refractivity contribution >= 4 is 14.3 Å². The Morgan fingerprint density at radius 2 is 2.00 bits per heavy atom. The second kappa shape index (κ2) is 5.71. The van der Waals surface area contributed by atoms with Crippen LogP contribution in [0.1, 0.15) is 33.6 Å². The Balaban J connectivity index is 2.50. The monoisotopic (exact) mass is 274 g/mol. The normalized spacial score (nSPS) is 26.0. The van der Waals surface area contributed by atoms with Crippen molar-refractivity contribution in [2.24, 2.45) is 0 Å². The molecule has 0 spiro atoms. The molecule has 18 heavy (non-hydrogen) atoms. The van der Waals surface area contributed by atoms with Gasteiger partial charge in [-0.1, -0.05) is 20.8 Å². The van der Waals surface area contributed by atoms with Gasteiger partial charge in [-0.3, -0.25) is 4.79 Å². The van der Waals surface area contributed by atoms with Gasteiger partial charge in [-0.2, -0.15) is 0 Å². The third kappa shape index (κ3) is 4.07. The van der Waals surface area contributed by atoms with Gasteiger partial charge in [0.2, 0.25) is 0 Å². The number of esters is 1. The van der Waals surface area contributed by atoms with Gasteiger partial charge in [-0.15, -0.1) is 0 Å². The maximum atomic E-state index is 11.4. The van der Waals surface area contributed by atoms with Crippen LogP contribution in [0.3, 0.4) is 0 Å². The number of cyclic esters (lactones) is 1. The van der Waals surface area contributed by atoms with E-state index in [-0.39, 0.29) is 23.2 Å². The van der Waals surface area contributed by atoms with Crippen LogP contribution in [0.5, 0.6) is 0 Å². The molecule has 0 unspecified atom stereocenters. The first kappa shape index (κ1) is 15.7. The summed E-state index contributed by atoms with van der Waals surface area (Å²) in [6.45, 7) is 11.5. The number of hydrogen-bond acceptors (Lipinski definition) is 4. The van der Waals surface area contributed by atoms with Gasteiger partial charge in [0.05, 0.1) is 19.1 Å². The lowest BCUT2D eigenvalue weighted by Gasteiger charge is -2.38. The zero-order valence-electron chi connectivity index (χ0n) is 12.4. The quantitative estimate of drug-likeness (QED) is 0.584. The third-order valence-corrected chi connectivity index (χ3v) is 8.49. The number of carbonyl (C=O) groups excluding carboxylic acids is 1. The minimum Gasteiger partial charge on any atom is -0.460 e. The van der Waals surface area contributed by atoms with Crippen molar-refractivity contribution in [1.29, 1.82) is 0 Å². The molecule has 106 valence electrons. The summed E-state index contributed by atoms with van der Waals surface area (Å²) in [5.74, 6) is -0.183. The maximum Gasteiger partial charge on any atom is 0.308 e. The number of rotatable bonds is 4. The van der Waals surface area contributed by atoms with E-state index in [9.17, 15) is 4.79 Å². The average molecular weight is 274 g/mol. The van der Waals surface area contributed by atoms with Gasteiger partial charge in [0.25, 0.3) is 0 Å². The largest absolute Gasteiger partial charge is 0.460 e. The highest BCUT2D eigenvalue weighted by Gasteiger charge is 2.38. The molecule has 0 aromatic carbocycles. The van der Waals surface area contributed by atoms with E-state index in [0.717, 1.165) is 6.42 Å². The maximum absolute atomic E-state index is 11.4. The molecule has 0 aromatic rings. The zero-order chi connectivity index (χ0) is 14.0. The predicted octanol–water partition coefficient (Wildman–Crippen LogP) is 2.73. The van der Waals surface area contributed by atoms with Gasteiger partial charge in [-0.05, 0) is 18.1 Å². The molecule has 1 aliphatic heterocycles. The smallest absolute Gasteiger partial charge is 0.308 e. The first-order chi connectivity index (χ1) is 8.15. The van der Waals surface area contributed by atoms with Crippen LogP contribution in [0.15, 0.2) is 0 Å². The van der Waals surface area contributed by atoms with Crippen LogP contribution in [0.25, 0.3) is 0 Å². The molecule has 1 aliphatic rings. The van der Waals surface area contributed by atoms with Crippen molar-refractivity contribution in [3.05, 3.63) is 0 Å². The van der Waals surface area contributed by atoms with E-state index < -0.39 is 8.32 Å². The molecule has 0 amide bonds. The lowest BCUT2D eigenvalue weighted by Crippen LogP contribution is -2.45. The standard InChI is InChI=1S/C13H26O4Si/c1-13(2,3)18(5,6)16-9-11-7-10(15-4)8-12(14)17-11/h10-11H,7-9H2,1-6H3/t10-,11-/m1/s1. The Morgan fingerprint density at radius 3 is 2.50 bits per heavy atom. The van der Waals surface area contributed by atoms with Crippen LogP contribution in [0, 0.1) is 0 Å². The summed E-state index contributed by atoms with van der Waals surface area (Å²) >= 11 is 0. The predicted molar refractivity (Wildman–Crippen MR) is 73.1 cm³/mol. The van der Waals surface area contributed by atoms with Crippen LogP contribution >= 0.6 is 0 Å². The average Bonchev–Trinajstić information content (AvgIpc) is 2.24. The van der Waals surface area contributed by atoms with Crippen LogP contribution in [-0.2, 0) is 18.7 Å². The lowest BCUT2D eigenvalue weighted by atomic mass is 10.1. The van der Waals surface area contributed by atoms with Gasteiger partial charge >= 0.3 is 5.97 Å². The second-order valence-corrected chi connectivity index (χ2v) is 11.3. The Bertz CT molecular complexity index is 296. The van der Waals surface area contributed by atoms with Crippen molar-refractivity contribution in [1.82, 2.24) is 0 Å². The van der Waals surface area contributed by atoms with Crippen molar-refractivity contribution in [2.45, 2.75) is 64.0 Å². The molecule has 2 atom stereocenters. The molecule has 0 aliphatic carbocycles. The molecular formula is C13H26O4Si. The minimum atomic E-state index is -1.78. The Kier molecular flexibility index (Phi) is 4.97. The van der Waals surface area contributed by atoms with E-state index in [1.54, 1.807) is 7.11 Å². The fraction of sp³-hybridized carbons (Fsp3) is 0.923. The van der Waals surface area contributed by atoms with E-state index >= 15 is 0 Å². The van der Waals surface area contributed by atoms with E-state index in [0.29, 0.717) is 13.0 Å². The van der Waals surface area contributed by atoms with Crippen LogP contribution in [0.4, 0.5) is 0 Å². The summed E-state index contributed by atoms with van der Waals surface area (Å²) in [6, 6.07) is 0. The number of hydrogen-bond donors (Lipinski definition) is 0. The number of carbonyl (C=O) groups is 1. The summed E-state index contributed by atoms with van der Waals surface area (Å²) in [4.78, 5) is 11.4. The Morgan fingerprint density at radius 1 is 1.39 bits per heavy atom. The second-order valence-electron chi connectivity index (χ2n) is 6.48. The summed E-state index contributed by atoms with van der Waals surface area (Å²) in [6.07, 6.45) is 0.897. The Labute approximate surface area is 111 Å². The molecule has 1 saturated heterocycles. The molecule has 0 bridgehead atoms. The number of ether oxygens (including phenoxy) is 2. The summed E-state index contributed by atoms with van der Waals surface area (Å²) in [5, 5.41) is 0.173. The summed E-state index contributed by atoms with van der Waals surface area (Å²) < 4.78 is 16.6. The summed E-state index contributed by atoms with van der Waals surface area (Å²) in [5.41, 5.74) is 0. The van der Waals surface area contributed by atoms with Crippen molar-refractivity contribution < 1.29 is 18.7 Å². The van der Waals surface area contributed by atoms with E-state index in [4.69, 9.17) is 13.9 Å². The van der Waals surface area contributed by atoms with Crippen LogP contribution < -0.4 is 0 Å². The van der Waals surface area contributed by atoms with E-state index in [2.05, 4.69) is 33.9 Å². The minimum absolute atomic E-state index is 0.0285. The number of methoxy groups -OCH3 is 1. The zero-order valence-corrected chi connectivity index (χ0v) is 13.4. The molecular weight excluding hydrogens is 248 g/mol. The van der Waals surface area contributed by atoms with Crippen molar-refractivity contribution in [3.63, 3.8) is 0 Å². The molecule has 1 heterocycles. The highest BCUT2D eigenvalue weighted by Crippen LogP contribution is 2.36. The summed E-state index contributed by atoms with van der Waals surface area (Å²) in [7, 11) is -0.141. The highest BCUT2D eigenvalue weighted by molar-refractivity contribution is 6.74. The molecule has 1 rings (SSSR count). The molecule has 0 N–H and O–H groups in total. The molecule has 1 fully saturated rings. The molecule has 0 radical (unpaired) electrons. The molecule has 5 heteroatoms. The van der Waals surface area contributed by atoms with Gasteiger partial charge in [0, 0.05) is 13.5 Å². The third-order valence-electron chi connectivity index (χ3n) is 3.99. The van der Waals surface area contributed by atoms with Gasteiger partial charge < -0.3 is 13.9 Å². The SMILES string of the molecule is CO[C@H]1CC(=O)O[C@@H](CO[Si](C)(C)C(C)(C)C)C1. The van der Waals surface area contributed by atoms with Crippen LogP contribution in [0.2, 0.25) is 18.1 Å².